The van der Waals surface area contributed by atoms with Gasteiger partial charge in [0.1, 0.15) is 12.3 Å². The molecular formula is C18H17NO6. The van der Waals surface area contributed by atoms with Gasteiger partial charge >= 0.3 is 5.97 Å². The van der Waals surface area contributed by atoms with E-state index in [4.69, 9.17) is 9.15 Å². The lowest BCUT2D eigenvalue weighted by molar-refractivity contribution is -0.140. The zero-order valence-electron chi connectivity index (χ0n) is 13.9. The highest BCUT2D eigenvalue weighted by molar-refractivity contribution is 6.09. The van der Waals surface area contributed by atoms with E-state index in [1.165, 1.54) is 24.3 Å². The van der Waals surface area contributed by atoms with Crippen LogP contribution in [0.25, 0.3) is 0 Å². The molecule has 1 amide bonds. The number of rotatable bonds is 5. The van der Waals surface area contributed by atoms with Crippen LogP contribution in [0.3, 0.4) is 0 Å². The number of furan rings is 1. The summed E-state index contributed by atoms with van der Waals surface area (Å²) in [7, 11) is 1.25. The molecule has 0 radical (unpaired) electrons. The van der Waals surface area contributed by atoms with Gasteiger partial charge in [0.2, 0.25) is 5.78 Å². The van der Waals surface area contributed by atoms with E-state index < -0.39 is 12.1 Å². The van der Waals surface area contributed by atoms with E-state index in [0.29, 0.717) is 23.4 Å². The topological polar surface area (TPSA) is 86.1 Å². The second-order valence-corrected chi connectivity index (χ2v) is 5.50. The first kappa shape index (κ1) is 16.8. The van der Waals surface area contributed by atoms with E-state index in [9.17, 15) is 14.4 Å². The van der Waals surface area contributed by atoms with Gasteiger partial charge in [0, 0.05) is 5.56 Å². The molecule has 2 heterocycles. The maximum absolute atomic E-state index is 12.6. The van der Waals surface area contributed by atoms with Gasteiger partial charge < -0.3 is 13.9 Å². The molecule has 0 saturated carbocycles. The highest BCUT2D eigenvalue weighted by Gasteiger charge is 2.35. The SMILES string of the molecule is CCC1Oc2ccc(C(=O)c3ccco3)cc2N(CC(=O)OC)C1=O. The van der Waals surface area contributed by atoms with Crippen molar-refractivity contribution in [3.05, 3.63) is 47.9 Å². The maximum atomic E-state index is 12.6. The van der Waals surface area contributed by atoms with Crippen molar-refractivity contribution in [2.24, 2.45) is 0 Å². The van der Waals surface area contributed by atoms with Gasteiger partial charge in [-0.3, -0.25) is 19.3 Å². The second-order valence-electron chi connectivity index (χ2n) is 5.50. The summed E-state index contributed by atoms with van der Waals surface area (Å²) in [6, 6.07) is 7.91. The van der Waals surface area contributed by atoms with Crippen LogP contribution in [-0.2, 0) is 14.3 Å². The van der Waals surface area contributed by atoms with Gasteiger partial charge in [-0.15, -0.1) is 0 Å². The molecule has 7 heteroatoms. The molecule has 0 bridgehead atoms. The van der Waals surface area contributed by atoms with Crippen LogP contribution in [0.4, 0.5) is 5.69 Å². The quantitative estimate of drug-likeness (QED) is 0.611. The number of esters is 1. The molecule has 1 aliphatic rings. The van der Waals surface area contributed by atoms with E-state index in [1.807, 2.05) is 6.92 Å². The Morgan fingerprint density at radius 1 is 1.28 bits per heavy atom. The van der Waals surface area contributed by atoms with Crippen molar-refractivity contribution in [3.8, 4) is 5.75 Å². The maximum Gasteiger partial charge on any atom is 0.325 e. The minimum absolute atomic E-state index is 0.189. The van der Waals surface area contributed by atoms with Crippen molar-refractivity contribution in [3.63, 3.8) is 0 Å². The summed E-state index contributed by atoms with van der Waals surface area (Å²) in [5.74, 6) is -0.599. The van der Waals surface area contributed by atoms with Gasteiger partial charge in [-0.2, -0.15) is 0 Å². The molecule has 25 heavy (non-hydrogen) atoms. The van der Waals surface area contributed by atoms with Crippen molar-refractivity contribution in [1.82, 2.24) is 0 Å². The molecule has 0 aliphatic carbocycles. The summed E-state index contributed by atoms with van der Waals surface area (Å²) < 4.78 is 15.5. The van der Waals surface area contributed by atoms with Crippen LogP contribution in [0.1, 0.15) is 29.5 Å². The number of carbonyl (C=O) groups is 3. The van der Waals surface area contributed by atoms with Gasteiger partial charge in [-0.05, 0) is 36.8 Å². The number of carbonyl (C=O) groups excluding carboxylic acids is 3. The Kier molecular flexibility index (Phi) is 4.56. The van der Waals surface area contributed by atoms with Crippen LogP contribution in [0.15, 0.2) is 41.0 Å². The van der Waals surface area contributed by atoms with E-state index in [-0.39, 0.29) is 24.0 Å². The molecule has 7 nitrogen and oxygen atoms in total. The normalized spacial score (nSPS) is 16.2. The number of ether oxygens (including phenoxy) is 2. The summed E-state index contributed by atoms with van der Waals surface area (Å²) in [6.07, 6.45) is 1.19. The smallest absolute Gasteiger partial charge is 0.325 e. The van der Waals surface area contributed by atoms with Crippen molar-refractivity contribution in [1.29, 1.82) is 0 Å². The third kappa shape index (κ3) is 3.13. The molecule has 0 fully saturated rings. The van der Waals surface area contributed by atoms with Crippen molar-refractivity contribution >= 4 is 23.3 Å². The number of amides is 1. The van der Waals surface area contributed by atoms with Gasteiger partial charge in [-0.1, -0.05) is 6.92 Å². The molecule has 130 valence electrons. The zero-order valence-corrected chi connectivity index (χ0v) is 13.9. The third-order valence-corrected chi connectivity index (χ3v) is 3.95. The summed E-state index contributed by atoms with van der Waals surface area (Å²) >= 11 is 0. The van der Waals surface area contributed by atoms with Gasteiger partial charge in [0.05, 0.1) is 19.1 Å². The molecule has 0 spiro atoms. The van der Waals surface area contributed by atoms with Crippen LogP contribution < -0.4 is 9.64 Å². The van der Waals surface area contributed by atoms with Crippen LogP contribution in [0.5, 0.6) is 5.75 Å². The minimum atomic E-state index is -0.677. The molecule has 1 aliphatic heterocycles. The number of benzene rings is 1. The molecule has 3 rings (SSSR count). The van der Waals surface area contributed by atoms with Crippen LogP contribution in [-0.4, -0.2) is 37.4 Å². The molecule has 1 unspecified atom stereocenters. The number of hydrogen-bond donors (Lipinski definition) is 0. The van der Waals surface area contributed by atoms with E-state index >= 15 is 0 Å². The Morgan fingerprint density at radius 3 is 2.72 bits per heavy atom. The standard InChI is InChI=1S/C18H17NO6/c1-3-13-18(22)19(10-16(20)23-2)12-9-11(6-7-14(12)25-13)17(21)15-5-4-8-24-15/h4-9,13H,3,10H2,1-2H3. The number of methoxy groups -OCH3 is 1. The lowest BCUT2D eigenvalue weighted by Crippen LogP contribution is -2.48. The number of anilines is 1. The Hall–Kier alpha value is -3.09. The first-order valence-corrected chi connectivity index (χ1v) is 7.82. The predicted molar refractivity (Wildman–Crippen MR) is 87.7 cm³/mol. The molecule has 0 N–H and O–H groups in total. The average molecular weight is 343 g/mol. The van der Waals surface area contributed by atoms with E-state index in [2.05, 4.69) is 4.74 Å². The molecule has 0 saturated heterocycles. The lowest BCUT2D eigenvalue weighted by atomic mass is 10.0. The van der Waals surface area contributed by atoms with Crippen LogP contribution >= 0.6 is 0 Å². The summed E-state index contributed by atoms with van der Waals surface area (Å²) in [5.41, 5.74) is 0.687. The Bertz CT molecular complexity index is 811. The summed E-state index contributed by atoms with van der Waals surface area (Å²) in [5, 5.41) is 0. The fourth-order valence-electron chi connectivity index (χ4n) is 2.63. The number of nitrogens with zero attached hydrogens (tertiary/aromatic N) is 1. The Balaban J connectivity index is 2.01. The van der Waals surface area contributed by atoms with Crippen LogP contribution in [0.2, 0.25) is 0 Å². The van der Waals surface area contributed by atoms with Crippen LogP contribution in [0, 0.1) is 0 Å². The number of ketones is 1. The molecule has 1 aromatic carbocycles. The molecule has 2 aromatic rings. The third-order valence-electron chi connectivity index (χ3n) is 3.95. The predicted octanol–water partition coefficient (Wildman–Crippen LogP) is 2.19. The highest BCUT2D eigenvalue weighted by atomic mass is 16.5. The van der Waals surface area contributed by atoms with Gasteiger partial charge in [0.25, 0.3) is 5.91 Å². The van der Waals surface area contributed by atoms with E-state index in [1.54, 1.807) is 24.3 Å². The number of hydrogen-bond acceptors (Lipinski definition) is 6. The fraction of sp³-hybridized carbons (Fsp3) is 0.278. The molecule has 1 aromatic heterocycles. The zero-order chi connectivity index (χ0) is 18.0. The average Bonchev–Trinajstić information content (AvgIpc) is 3.17. The Labute approximate surface area is 144 Å². The van der Waals surface area contributed by atoms with E-state index in [0.717, 1.165) is 0 Å². The number of fused-ring (bicyclic) bond motifs is 1. The largest absolute Gasteiger partial charge is 0.478 e. The summed E-state index contributed by atoms with van der Waals surface area (Å²) in [4.78, 5) is 38.0. The first-order valence-electron chi connectivity index (χ1n) is 7.82. The van der Waals surface area contributed by atoms with Gasteiger partial charge in [0.15, 0.2) is 11.9 Å². The van der Waals surface area contributed by atoms with Gasteiger partial charge in [-0.25, -0.2) is 0 Å². The Morgan fingerprint density at radius 2 is 2.08 bits per heavy atom. The molecule has 1 atom stereocenters. The fourth-order valence-corrected chi connectivity index (χ4v) is 2.63. The lowest BCUT2D eigenvalue weighted by Gasteiger charge is -2.33. The van der Waals surface area contributed by atoms with Crippen molar-refractivity contribution < 1.29 is 28.3 Å². The first-order chi connectivity index (χ1) is 12.0. The minimum Gasteiger partial charge on any atom is -0.478 e. The highest BCUT2D eigenvalue weighted by Crippen LogP contribution is 2.36. The summed E-state index contributed by atoms with van der Waals surface area (Å²) in [6.45, 7) is 1.57. The second kappa shape index (κ2) is 6.80. The monoisotopic (exact) mass is 343 g/mol. The molecular weight excluding hydrogens is 326 g/mol. The van der Waals surface area contributed by atoms with Crippen molar-refractivity contribution in [2.45, 2.75) is 19.4 Å². The van der Waals surface area contributed by atoms with Crippen molar-refractivity contribution in [2.75, 3.05) is 18.6 Å².